The van der Waals surface area contributed by atoms with Crippen molar-refractivity contribution in [1.29, 1.82) is 0 Å². The first-order chi connectivity index (χ1) is 13.2. The van der Waals surface area contributed by atoms with Crippen molar-refractivity contribution in [3.63, 3.8) is 0 Å². The molecule has 0 radical (unpaired) electrons. The van der Waals surface area contributed by atoms with E-state index in [4.69, 9.17) is 4.74 Å². The Morgan fingerprint density at radius 2 is 1.63 bits per heavy atom. The molecule has 3 rings (SSSR count). The van der Waals surface area contributed by atoms with Crippen LogP contribution in [0.3, 0.4) is 0 Å². The van der Waals surface area contributed by atoms with Crippen LogP contribution in [0.25, 0.3) is 0 Å². The van der Waals surface area contributed by atoms with Crippen LogP contribution in [-0.4, -0.2) is 34.9 Å². The summed E-state index contributed by atoms with van der Waals surface area (Å²) in [7, 11) is 1.53. The van der Waals surface area contributed by atoms with Crippen molar-refractivity contribution in [2.24, 2.45) is 4.99 Å². The SMILES string of the molecule is COc1cc(C[C@H](N=C(c2ccccc2)c2ccccc2)C(=O)O)ccn1. The van der Waals surface area contributed by atoms with Gasteiger partial charge in [0, 0.05) is 29.8 Å². The average Bonchev–Trinajstić information content (AvgIpc) is 2.72. The number of pyridine rings is 1. The standard InChI is InChI=1S/C22H20N2O3/c1-27-20-15-16(12-13-23-20)14-19(22(25)26)24-21(17-8-4-2-5-9-17)18-10-6-3-7-11-18/h2-13,15,19H,14H2,1H3,(H,25,26)/t19-/m0/s1. The zero-order valence-electron chi connectivity index (χ0n) is 14.9. The van der Waals surface area contributed by atoms with Crippen molar-refractivity contribution >= 4 is 11.7 Å². The molecule has 5 nitrogen and oxygen atoms in total. The number of nitrogens with zero attached hydrogens (tertiary/aromatic N) is 2. The molecule has 2 aromatic carbocycles. The topological polar surface area (TPSA) is 71.8 Å². The van der Waals surface area contributed by atoms with Crippen molar-refractivity contribution in [2.45, 2.75) is 12.5 Å². The summed E-state index contributed by atoms with van der Waals surface area (Å²) in [4.78, 5) is 20.6. The Balaban J connectivity index is 2.00. The van der Waals surface area contributed by atoms with E-state index in [-0.39, 0.29) is 6.42 Å². The Morgan fingerprint density at radius 3 is 2.15 bits per heavy atom. The van der Waals surface area contributed by atoms with E-state index in [0.29, 0.717) is 11.6 Å². The lowest BCUT2D eigenvalue weighted by Crippen LogP contribution is -2.23. The molecule has 0 saturated heterocycles. The lowest BCUT2D eigenvalue weighted by Gasteiger charge is -2.13. The molecule has 0 aliphatic heterocycles. The molecular formula is C22H20N2O3. The summed E-state index contributed by atoms with van der Waals surface area (Å²) in [6.07, 6.45) is 1.85. The van der Waals surface area contributed by atoms with E-state index in [0.717, 1.165) is 16.7 Å². The summed E-state index contributed by atoms with van der Waals surface area (Å²) in [5, 5.41) is 9.75. The van der Waals surface area contributed by atoms with Crippen molar-refractivity contribution in [3.05, 3.63) is 95.7 Å². The largest absolute Gasteiger partial charge is 0.481 e. The Labute approximate surface area is 158 Å². The molecule has 1 atom stereocenters. The normalized spacial score (nSPS) is 11.4. The van der Waals surface area contributed by atoms with Crippen LogP contribution >= 0.6 is 0 Å². The minimum atomic E-state index is -0.977. The number of benzene rings is 2. The van der Waals surface area contributed by atoms with E-state index in [9.17, 15) is 9.90 Å². The van der Waals surface area contributed by atoms with E-state index in [2.05, 4.69) is 9.98 Å². The molecule has 1 heterocycles. The van der Waals surface area contributed by atoms with Gasteiger partial charge in [-0.25, -0.2) is 9.78 Å². The molecule has 27 heavy (non-hydrogen) atoms. The number of carbonyl (C=O) groups is 1. The maximum absolute atomic E-state index is 11.9. The minimum absolute atomic E-state index is 0.247. The van der Waals surface area contributed by atoms with Crippen LogP contribution in [0.2, 0.25) is 0 Å². The molecule has 0 saturated carbocycles. The van der Waals surface area contributed by atoms with E-state index in [1.807, 2.05) is 60.7 Å². The third kappa shape index (κ3) is 4.79. The summed E-state index contributed by atoms with van der Waals surface area (Å²) in [5.74, 6) is -0.526. The van der Waals surface area contributed by atoms with Crippen LogP contribution in [0.1, 0.15) is 16.7 Å². The number of aliphatic carboxylic acids is 1. The molecule has 0 amide bonds. The third-order valence-electron chi connectivity index (χ3n) is 4.10. The average molecular weight is 360 g/mol. The van der Waals surface area contributed by atoms with Gasteiger partial charge in [0.2, 0.25) is 5.88 Å². The molecule has 0 fully saturated rings. The van der Waals surface area contributed by atoms with Gasteiger partial charge >= 0.3 is 5.97 Å². The van der Waals surface area contributed by atoms with E-state index < -0.39 is 12.0 Å². The molecule has 5 heteroatoms. The van der Waals surface area contributed by atoms with Crippen molar-refractivity contribution < 1.29 is 14.6 Å². The summed E-state index contributed by atoms with van der Waals surface area (Å²) < 4.78 is 5.12. The van der Waals surface area contributed by atoms with E-state index >= 15 is 0 Å². The van der Waals surface area contributed by atoms with Gasteiger partial charge in [0.1, 0.15) is 0 Å². The highest BCUT2D eigenvalue weighted by molar-refractivity contribution is 6.13. The first-order valence-corrected chi connectivity index (χ1v) is 8.57. The number of carboxylic acids is 1. The fourth-order valence-electron chi connectivity index (χ4n) is 2.76. The Kier molecular flexibility index (Phi) is 5.94. The van der Waals surface area contributed by atoms with Crippen molar-refractivity contribution in [1.82, 2.24) is 4.98 Å². The second-order valence-corrected chi connectivity index (χ2v) is 5.97. The molecule has 0 bridgehead atoms. The molecule has 1 N–H and O–H groups in total. The molecule has 0 unspecified atom stereocenters. The van der Waals surface area contributed by atoms with Crippen molar-refractivity contribution in [2.75, 3.05) is 7.11 Å². The predicted molar refractivity (Wildman–Crippen MR) is 104 cm³/mol. The van der Waals surface area contributed by atoms with Gasteiger partial charge in [-0.15, -0.1) is 0 Å². The van der Waals surface area contributed by atoms with Gasteiger partial charge in [0.25, 0.3) is 0 Å². The van der Waals surface area contributed by atoms with Gasteiger partial charge in [-0.2, -0.15) is 0 Å². The Hall–Kier alpha value is -3.47. The molecule has 0 aliphatic carbocycles. The number of hydrogen-bond acceptors (Lipinski definition) is 4. The maximum atomic E-state index is 11.9. The second kappa shape index (κ2) is 8.76. The lowest BCUT2D eigenvalue weighted by atomic mass is 10.0. The van der Waals surface area contributed by atoms with Crippen LogP contribution in [0, 0.1) is 0 Å². The zero-order chi connectivity index (χ0) is 19.1. The van der Waals surface area contributed by atoms with Crippen LogP contribution in [0.5, 0.6) is 5.88 Å². The second-order valence-electron chi connectivity index (χ2n) is 5.97. The third-order valence-corrected chi connectivity index (χ3v) is 4.10. The van der Waals surface area contributed by atoms with Crippen LogP contribution < -0.4 is 4.74 Å². The summed E-state index contributed by atoms with van der Waals surface area (Å²) in [6.45, 7) is 0. The summed E-state index contributed by atoms with van der Waals surface area (Å²) in [6, 6.07) is 21.8. The number of aromatic nitrogens is 1. The quantitative estimate of drug-likeness (QED) is 0.653. The molecular weight excluding hydrogens is 340 g/mol. The number of hydrogen-bond donors (Lipinski definition) is 1. The van der Waals surface area contributed by atoms with Crippen LogP contribution in [0.15, 0.2) is 84.0 Å². The van der Waals surface area contributed by atoms with Gasteiger partial charge in [-0.05, 0) is 11.6 Å². The van der Waals surface area contributed by atoms with Gasteiger partial charge in [-0.1, -0.05) is 60.7 Å². The molecule has 0 aliphatic rings. The van der Waals surface area contributed by atoms with Gasteiger partial charge < -0.3 is 9.84 Å². The molecule has 0 spiro atoms. The summed E-state index contributed by atoms with van der Waals surface area (Å²) >= 11 is 0. The fraction of sp³-hybridized carbons (Fsp3) is 0.136. The van der Waals surface area contributed by atoms with E-state index in [1.54, 1.807) is 18.3 Å². The first-order valence-electron chi connectivity index (χ1n) is 8.57. The number of methoxy groups -OCH3 is 1. The Morgan fingerprint density at radius 1 is 1.04 bits per heavy atom. The predicted octanol–water partition coefficient (Wildman–Crippen LogP) is 3.62. The van der Waals surface area contributed by atoms with Gasteiger partial charge in [-0.3, -0.25) is 4.99 Å². The minimum Gasteiger partial charge on any atom is -0.481 e. The summed E-state index contributed by atoms with van der Waals surface area (Å²) in [5.41, 5.74) is 3.22. The molecule has 1 aromatic heterocycles. The highest BCUT2D eigenvalue weighted by Crippen LogP contribution is 2.16. The fourth-order valence-corrected chi connectivity index (χ4v) is 2.76. The monoisotopic (exact) mass is 360 g/mol. The van der Waals surface area contributed by atoms with Crippen LogP contribution in [-0.2, 0) is 11.2 Å². The maximum Gasteiger partial charge on any atom is 0.328 e. The molecule has 136 valence electrons. The van der Waals surface area contributed by atoms with Gasteiger partial charge in [0.15, 0.2) is 6.04 Å². The number of carboxylic acid groups (broad SMARTS) is 1. The van der Waals surface area contributed by atoms with Gasteiger partial charge in [0.05, 0.1) is 12.8 Å². The van der Waals surface area contributed by atoms with Crippen LogP contribution in [0.4, 0.5) is 0 Å². The number of aliphatic imine (C=N–C) groups is 1. The highest BCUT2D eigenvalue weighted by atomic mass is 16.5. The smallest absolute Gasteiger partial charge is 0.328 e. The zero-order valence-corrected chi connectivity index (χ0v) is 14.9. The molecule has 3 aromatic rings. The first kappa shape index (κ1) is 18.3. The van der Waals surface area contributed by atoms with Crippen molar-refractivity contribution in [3.8, 4) is 5.88 Å². The van der Waals surface area contributed by atoms with E-state index in [1.165, 1.54) is 7.11 Å². The Bertz CT molecular complexity index is 883. The highest BCUT2D eigenvalue weighted by Gasteiger charge is 2.19. The lowest BCUT2D eigenvalue weighted by molar-refractivity contribution is -0.138. The number of ether oxygens (including phenoxy) is 1. The number of rotatable bonds is 7.